The SMILES string of the molecule is CCC(C)n1nc(C(C)C)c2c1C(=O)N(c1cccc(Cl)c1F)[C@H]2c1cc(Cl)ccc1C. The summed E-state index contributed by atoms with van der Waals surface area (Å²) in [6.07, 6.45) is 0.811. The summed E-state index contributed by atoms with van der Waals surface area (Å²) >= 11 is 12.5. The molecule has 1 aliphatic heterocycles. The molecule has 1 aromatic heterocycles. The quantitative estimate of drug-likeness (QED) is 0.385. The molecule has 0 saturated heterocycles. The van der Waals surface area contributed by atoms with Crippen LogP contribution in [-0.2, 0) is 0 Å². The molecule has 1 amide bonds. The molecule has 0 saturated carbocycles. The molecular formula is C25H26Cl2FN3O. The standard InChI is InChI=1S/C25H26Cl2FN3O/c1-6-15(5)31-24-20(22(29-31)13(2)3)23(17-12-16(26)11-10-14(17)4)30(25(24)32)19-9-7-8-18(27)21(19)28/h7-13,15,23H,6H2,1-5H3/t15?,23-/m0/s1. The number of aromatic nitrogens is 2. The Hall–Kier alpha value is -2.37. The van der Waals surface area contributed by atoms with Gasteiger partial charge >= 0.3 is 0 Å². The monoisotopic (exact) mass is 473 g/mol. The lowest BCUT2D eigenvalue weighted by molar-refractivity contribution is 0.0980. The van der Waals surface area contributed by atoms with Gasteiger partial charge in [-0.1, -0.05) is 56.1 Å². The van der Waals surface area contributed by atoms with Crippen molar-refractivity contribution in [2.45, 2.75) is 59.0 Å². The van der Waals surface area contributed by atoms with Crippen molar-refractivity contribution in [2.75, 3.05) is 4.90 Å². The van der Waals surface area contributed by atoms with Gasteiger partial charge in [0.2, 0.25) is 0 Å². The first-order valence-corrected chi connectivity index (χ1v) is 11.6. The second-order valence-electron chi connectivity index (χ2n) is 8.66. The number of hydrogen-bond donors (Lipinski definition) is 0. The van der Waals surface area contributed by atoms with Crippen LogP contribution >= 0.6 is 23.2 Å². The van der Waals surface area contributed by atoms with E-state index in [1.807, 2.05) is 36.7 Å². The Kier molecular flexibility index (Phi) is 6.08. The maximum Gasteiger partial charge on any atom is 0.277 e. The summed E-state index contributed by atoms with van der Waals surface area (Å²) in [5.74, 6) is -0.829. The fourth-order valence-electron chi connectivity index (χ4n) is 4.35. The van der Waals surface area contributed by atoms with Gasteiger partial charge < -0.3 is 0 Å². The third-order valence-electron chi connectivity index (χ3n) is 6.21. The third kappa shape index (κ3) is 3.52. The van der Waals surface area contributed by atoms with Crippen LogP contribution in [0.15, 0.2) is 36.4 Å². The Morgan fingerprint density at radius 1 is 1.16 bits per heavy atom. The minimum atomic E-state index is -0.619. The average Bonchev–Trinajstić information content (AvgIpc) is 3.28. The zero-order valence-corrected chi connectivity index (χ0v) is 20.3. The minimum Gasteiger partial charge on any atom is -0.292 e. The number of halogens is 3. The van der Waals surface area contributed by atoms with Crippen molar-refractivity contribution in [3.8, 4) is 0 Å². The number of carbonyl (C=O) groups excluding carboxylic acids is 1. The van der Waals surface area contributed by atoms with E-state index in [1.165, 1.54) is 11.0 Å². The Morgan fingerprint density at radius 2 is 1.88 bits per heavy atom. The molecule has 2 atom stereocenters. The Bertz CT molecular complexity index is 1200. The zero-order valence-electron chi connectivity index (χ0n) is 18.8. The van der Waals surface area contributed by atoms with Gasteiger partial charge in [-0.25, -0.2) is 4.39 Å². The van der Waals surface area contributed by atoms with Gasteiger partial charge in [-0.2, -0.15) is 5.10 Å². The van der Waals surface area contributed by atoms with E-state index in [2.05, 4.69) is 20.8 Å². The molecule has 4 rings (SSSR count). The largest absolute Gasteiger partial charge is 0.292 e. The second kappa shape index (κ2) is 8.53. The van der Waals surface area contributed by atoms with Gasteiger partial charge in [-0.3, -0.25) is 14.4 Å². The summed E-state index contributed by atoms with van der Waals surface area (Å²) in [5.41, 5.74) is 4.10. The van der Waals surface area contributed by atoms with Crippen LogP contribution in [-0.4, -0.2) is 15.7 Å². The maximum atomic E-state index is 15.2. The lowest BCUT2D eigenvalue weighted by Crippen LogP contribution is -2.32. The van der Waals surface area contributed by atoms with Crippen LogP contribution in [0.25, 0.3) is 0 Å². The van der Waals surface area contributed by atoms with Crippen molar-refractivity contribution in [1.82, 2.24) is 9.78 Å². The van der Waals surface area contributed by atoms with E-state index in [1.54, 1.807) is 12.1 Å². The molecule has 3 aromatic rings. The van der Waals surface area contributed by atoms with Gasteiger partial charge in [0.05, 0.1) is 22.4 Å². The molecule has 0 bridgehead atoms. The molecule has 0 N–H and O–H groups in total. The van der Waals surface area contributed by atoms with Gasteiger partial charge in [0.15, 0.2) is 5.82 Å². The van der Waals surface area contributed by atoms with E-state index >= 15 is 4.39 Å². The van der Waals surface area contributed by atoms with E-state index in [9.17, 15) is 4.79 Å². The van der Waals surface area contributed by atoms with Crippen LogP contribution in [0.4, 0.5) is 10.1 Å². The van der Waals surface area contributed by atoms with Crippen molar-refractivity contribution in [3.05, 3.63) is 80.3 Å². The summed E-state index contributed by atoms with van der Waals surface area (Å²) in [5, 5.41) is 5.39. The molecule has 0 fully saturated rings. The number of anilines is 1. The number of aryl methyl sites for hydroxylation is 1. The smallest absolute Gasteiger partial charge is 0.277 e. The van der Waals surface area contributed by atoms with Crippen LogP contribution in [0.3, 0.4) is 0 Å². The zero-order chi connectivity index (χ0) is 23.3. The molecule has 4 nitrogen and oxygen atoms in total. The first kappa shape index (κ1) is 22.8. The van der Waals surface area contributed by atoms with Gasteiger partial charge in [0.25, 0.3) is 5.91 Å². The Labute approximate surface area is 197 Å². The summed E-state index contributed by atoms with van der Waals surface area (Å²) < 4.78 is 17.0. The molecule has 0 spiro atoms. The fraction of sp³-hybridized carbons (Fsp3) is 0.360. The van der Waals surface area contributed by atoms with Crippen LogP contribution in [0, 0.1) is 12.7 Å². The summed E-state index contributed by atoms with van der Waals surface area (Å²) in [6.45, 7) is 10.2. The number of fused-ring (bicyclic) bond motifs is 1. The third-order valence-corrected chi connectivity index (χ3v) is 6.74. The maximum absolute atomic E-state index is 15.2. The molecule has 168 valence electrons. The number of rotatable bonds is 5. The number of carbonyl (C=O) groups is 1. The molecule has 32 heavy (non-hydrogen) atoms. The van der Waals surface area contributed by atoms with Gasteiger partial charge in [-0.05, 0) is 61.6 Å². The molecule has 2 heterocycles. The van der Waals surface area contributed by atoms with Crippen molar-refractivity contribution >= 4 is 34.8 Å². The minimum absolute atomic E-state index is 0.0190. The molecule has 1 aliphatic rings. The Balaban J connectivity index is 2.08. The van der Waals surface area contributed by atoms with E-state index < -0.39 is 11.9 Å². The fourth-order valence-corrected chi connectivity index (χ4v) is 4.70. The van der Waals surface area contributed by atoms with Crippen molar-refractivity contribution in [3.63, 3.8) is 0 Å². The van der Waals surface area contributed by atoms with Crippen LogP contribution < -0.4 is 4.90 Å². The van der Waals surface area contributed by atoms with E-state index in [0.717, 1.165) is 28.8 Å². The molecule has 1 unspecified atom stereocenters. The van der Waals surface area contributed by atoms with E-state index in [0.29, 0.717) is 10.7 Å². The van der Waals surface area contributed by atoms with Crippen LogP contribution in [0.5, 0.6) is 0 Å². The lowest BCUT2D eigenvalue weighted by Gasteiger charge is -2.29. The first-order valence-electron chi connectivity index (χ1n) is 10.8. The van der Waals surface area contributed by atoms with Crippen molar-refractivity contribution < 1.29 is 9.18 Å². The second-order valence-corrected chi connectivity index (χ2v) is 9.50. The van der Waals surface area contributed by atoms with Gasteiger partial charge in [0, 0.05) is 16.6 Å². The summed E-state index contributed by atoms with van der Waals surface area (Å²) in [6, 6.07) is 9.77. The molecular weight excluding hydrogens is 448 g/mol. The Morgan fingerprint density at radius 3 is 2.53 bits per heavy atom. The highest BCUT2D eigenvalue weighted by atomic mass is 35.5. The molecule has 0 aliphatic carbocycles. The highest BCUT2D eigenvalue weighted by Gasteiger charge is 2.46. The number of amides is 1. The summed E-state index contributed by atoms with van der Waals surface area (Å²) in [7, 11) is 0. The first-order chi connectivity index (χ1) is 15.2. The number of hydrogen-bond acceptors (Lipinski definition) is 2. The summed E-state index contributed by atoms with van der Waals surface area (Å²) in [4.78, 5) is 15.5. The predicted molar refractivity (Wildman–Crippen MR) is 128 cm³/mol. The van der Waals surface area contributed by atoms with E-state index in [-0.39, 0.29) is 28.6 Å². The van der Waals surface area contributed by atoms with Crippen molar-refractivity contribution in [2.24, 2.45) is 0 Å². The highest BCUT2D eigenvalue weighted by molar-refractivity contribution is 6.31. The molecule has 7 heteroatoms. The highest BCUT2D eigenvalue weighted by Crippen LogP contribution is 2.47. The van der Waals surface area contributed by atoms with Crippen molar-refractivity contribution in [1.29, 1.82) is 0 Å². The number of nitrogens with zero attached hydrogens (tertiary/aromatic N) is 3. The van der Waals surface area contributed by atoms with Crippen LogP contribution in [0.2, 0.25) is 10.0 Å². The number of benzene rings is 2. The average molecular weight is 474 g/mol. The molecule has 2 aromatic carbocycles. The van der Waals surface area contributed by atoms with Gasteiger partial charge in [0.1, 0.15) is 5.69 Å². The lowest BCUT2D eigenvalue weighted by atomic mass is 9.92. The topological polar surface area (TPSA) is 38.1 Å². The molecule has 0 radical (unpaired) electrons. The predicted octanol–water partition coefficient (Wildman–Crippen LogP) is 7.48. The normalized spacial score (nSPS) is 16.7. The van der Waals surface area contributed by atoms with E-state index in [4.69, 9.17) is 28.3 Å². The van der Waals surface area contributed by atoms with Gasteiger partial charge in [-0.15, -0.1) is 0 Å². The van der Waals surface area contributed by atoms with Crippen LogP contribution in [0.1, 0.15) is 85.0 Å².